The van der Waals surface area contributed by atoms with Gasteiger partial charge < -0.3 is 4.57 Å². The Kier molecular flexibility index (Phi) is 4.51. The predicted octanol–water partition coefficient (Wildman–Crippen LogP) is 5.93. The van der Waals surface area contributed by atoms with Crippen molar-refractivity contribution >= 4 is 33.0 Å². The maximum atomic E-state index is 9.17. The Morgan fingerprint density at radius 2 is 1.77 bits per heavy atom. The fourth-order valence-electron chi connectivity index (χ4n) is 4.82. The minimum atomic E-state index is 0.490. The van der Waals surface area contributed by atoms with E-state index in [1.54, 1.807) is 0 Å². The summed E-state index contributed by atoms with van der Waals surface area (Å²) in [5.41, 5.74) is 8.69. The van der Waals surface area contributed by atoms with Crippen molar-refractivity contribution in [3.8, 4) is 11.8 Å². The first-order chi connectivity index (χ1) is 15.0. The summed E-state index contributed by atoms with van der Waals surface area (Å²) in [6.07, 6.45) is 1.32. The first kappa shape index (κ1) is 19.3. The third-order valence-electron chi connectivity index (χ3n) is 6.07. The molecule has 0 fully saturated rings. The molecule has 154 valence electrons. The molecule has 0 atom stereocenters. The maximum absolute atomic E-state index is 9.17. The predicted molar refractivity (Wildman–Crippen MR) is 126 cm³/mol. The van der Waals surface area contributed by atoms with Crippen LogP contribution < -0.4 is 0 Å². The summed E-state index contributed by atoms with van der Waals surface area (Å²) in [5.74, 6) is 1.02. The van der Waals surface area contributed by atoms with Crippen molar-refractivity contribution in [2.24, 2.45) is 0 Å². The molecule has 5 rings (SSSR count). The van der Waals surface area contributed by atoms with Crippen molar-refractivity contribution in [1.29, 1.82) is 5.26 Å². The zero-order valence-electron chi connectivity index (χ0n) is 18.4. The maximum Gasteiger partial charge on any atom is 0.165 e. The van der Waals surface area contributed by atoms with Crippen LogP contribution in [-0.2, 0) is 13.0 Å². The molecule has 3 aromatic heterocycles. The first-order valence-electron chi connectivity index (χ1n) is 10.8. The van der Waals surface area contributed by atoms with Crippen LogP contribution in [0.5, 0.6) is 0 Å². The Balaban J connectivity index is 1.86. The van der Waals surface area contributed by atoms with Gasteiger partial charge in [-0.1, -0.05) is 25.1 Å². The smallest absolute Gasteiger partial charge is 0.165 e. The van der Waals surface area contributed by atoms with Gasteiger partial charge in [0, 0.05) is 40.6 Å². The van der Waals surface area contributed by atoms with Crippen LogP contribution in [0.25, 0.3) is 38.7 Å². The van der Waals surface area contributed by atoms with Gasteiger partial charge in [0.15, 0.2) is 5.65 Å². The average Bonchev–Trinajstić information content (AvgIpc) is 3.28. The number of benzene rings is 2. The Morgan fingerprint density at radius 3 is 2.55 bits per heavy atom. The van der Waals surface area contributed by atoms with E-state index in [1.807, 2.05) is 6.92 Å². The minimum absolute atomic E-state index is 0.490. The minimum Gasteiger partial charge on any atom is -0.339 e. The van der Waals surface area contributed by atoms with Crippen molar-refractivity contribution in [2.45, 2.75) is 47.1 Å². The molecule has 0 aliphatic carbocycles. The Hall–Kier alpha value is -3.65. The number of aryl methyl sites for hydroxylation is 5. The van der Waals surface area contributed by atoms with Crippen molar-refractivity contribution in [3.05, 3.63) is 65.1 Å². The molecule has 0 spiro atoms. The lowest BCUT2D eigenvalue weighted by Crippen LogP contribution is -2.03. The van der Waals surface area contributed by atoms with Crippen LogP contribution in [0, 0.1) is 32.1 Å². The van der Waals surface area contributed by atoms with Gasteiger partial charge in [-0.2, -0.15) is 5.26 Å². The first-order valence-corrected chi connectivity index (χ1v) is 10.8. The van der Waals surface area contributed by atoms with E-state index >= 15 is 0 Å². The van der Waals surface area contributed by atoms with E-state index in [4.69, 9.17) is 9.97 Å². The third kappa shape index (κ3) is 2.90. The fraction of sp³-hybridized carbons (Fsp3) is 0.269. The van der Waals surface area contributed by atoms with Crippen molar-refractivity contribution < 1.29 is 0 Å². The van der Waals surface area contributed by atoms with Crippen LogP contribution in [0.2, 0.25) is 0 Å². The van der Waals surface area contributed by atoms with E-state index in [2.05, 4.69) is 78.4 Å². The number of aromatic nitrogens is 4. The normalized spacial score (nSPS) is 11.6. The molecule has 3 heterocycles. The molecule has 0 saturated carbocycles. The Morgan fingerprint density at radius 1 is 0.968 bits per heavy atom. The number of hydrogen-bond donors (Lipinski definition) is 0. The number of para-hydroxylation sites is 1. The second kappa shape index (κ2) is 7.24. The summed E-state index contributed by atoms with van der Waals surface area (Å²) in [4.78, 5) is 9.78. The molecule has 31 heavy (non-hydrogen) atoms. The van der Waals surface area contributed by atoms with Crippen LogP contribution in [0.4, 0.5) is 0 Å². The molecule has 0 amide bonds. The third-order valence-corrected chi connectivity index (χ3v) is 6.07. The highest BCUT2D eigenvalue weighted by atomic mass is 15.1. The summed E-state index contributed by atoms with van der Waals surface area (Å²) < 4.78 is 4.50. The number of imidazole rings is 1. The standard InChI is InChI=1S/C26H25N5/c1-5-23-29-24-16(2)13-18(4)28-26(24)31(23)19-14-17(3)25-21(15-19)20-9-6-7-10-22(20)30(25)12-8-11-27/h6-7,9-10,13-15H,5,8,12H2,1-4H3. The van der Waals surface area contributed by atoms with Crippen LogP contribution in [-0.4, -0.2) is 19.1 Å². The molecule has 0 N–H and O–H groups in total. The highest BCUT2D eigenvalue weighted by molar-refractivity contribution is 6.10. The lowest BCUT2D eigenvalue weighted by Gasteiger charge is -2.12. The van der Waals surface area contributed by atoms with Crippen LogP contribution in [0.15, 0.2) is 42.5 Å². The number of rotatable bonds is 4. The lowest BCUT2D eigenvalue weighted by atomic mass is 10.1. The van der Waals surface area contributed by atoms with Gasteiger partial charge in [0.25, 0.3) is 0 Å². The highest BCUT2D eigenvalue weighted by Crippen LogP contribution is 2.34. The fourth-order valence-corrected chi connectivity index (χ4v) is 4.82. The van der Waals surface area contributed by atoms with Gasteiger partial charge in [-0.15, -0.1) is 0 Å². The number of nitrogens with zero attached hydrogens (tertiary/aromatic N) is 5. The van der Waals surface area contributed by atoms with Gasteiger partial charge in [0.2, 0.25) is 0 Å². The molecule has 0 aliphatic rings. The molecular weight excluding hydrogens is 382 g/mol. The zero-order valence-corrected chi connectivity index (χ0v) is 18.4. The van der Waals surface area contributed by atoms with Crippen LogP contribution >= 0.6 is 0 Å². The summed E-state index contributed by atoms with van der Waals surface area (Å²) in [5, 5.41) is 11.6. The van der Waals surface area contributed by atoms with Gasteiger partial charge >= 0.3 is 0 Å². The second-order valence-electron chi connectivity index (χ2n) is 8.21. The number of nitriles is 1. The lowest BCUT2D eigenvalue weighted by molar-refractivity contribution is 0.767. The summed E-state index contributed by atoms with van der Waals surface area (Å²) in [7, 11) is 0. The highest BCUT2D eigenvalue weighted by Gasteiger charge is 2.18. The van der Waals surface area contributed by atoms with Gasteiger partial charge in [0.05, 0.1) is 18.0 Å². The summed E-state index contributed by atoms with van der Waals surface area (Å²) >= 11 is 0. The van der Waals surface area contributed by atoms with Crippen molar-refractivity contribution in [1.82, 2.24) is 19.1 Å². The van der Waals surface area contributed by atoms with Gasteiger partial charge in [-0.25, -0.2) is 9.97 Å². The van der Waals surface area contributed by atoms with Gasteiger partial charge in [0.1, 0.15) is 11.3 Å². The molecule has 5 heteroatoms. The summed E-state index contributed by atoms with van der Waals surface area (Å²) in [6, 6.07) is 17.3. The van der Waals surface area contributed by atoms with Crippen molar-refractivity contribution in [3.63, 3.8) is 0 Å². The van der Waals surface area contributed by atoms with E-state index in [-0.39, 0.29) is 0 Å². The van der Waals surface area contributed by atoms with E-state index < -0.39 is 0 Å². The van der Waals surface area contributed by atoms with E-state index in [1.165, 1.54) is 27.4 Å². The van der Waals surface area contributed by atoms with E-state index in [0.29, 0.717) is 13.0 Å². The molecule has 0 radical (unpaired) electrons. The summed E-state index contributed by atoms with van der Waals surface area (Å²) in [6.45, 7) is 9.12. The van der Waals surface area contributed by atoms with E-state index in [9.17, 15) is 5.26 Å². The largest absolute Gasteiger partial charge is 0.339 e. The zero-order chi connectivity index (χ0) is 21.7. The second-order valence-corrected chi connectivity index (χ2v) is 8.21. The molecular formula is C26H25N5. The topological polar surface area (TPSA) is 59.4 Å². The van der Waals surface area contributed by atoms with Crippen LogP contribution in [0.3, 0.4) is 0 Å². The molecule has 5 nitrogen and oxygen atoms in total. The van der Waals surface area contributed by atoms with Gasteiger partial charge in [-0.3, -0.25) is 4.57 Å². The average molecular weight is 408 g/mol. The molecule has 0 aliphatic heterocycles. The Bertz CT molecular complexity index is 1510. The van der Waals surface area contributed by atoms with E-state index in [0.717, 1.165) is 40.4 Å². The van der Waals surface area contributed by atoms with Crippen LogP contribution in [0.1, 0.15) is 36.0 Å². The SMILES string of the molecule is CCc1nc2c(C)cc(C)nc2n1-c1cc(C)c2c(c1)c1ccccc1n2CCC#N. The number of fused-ring (bicyclic) bond motifs is 4. The number of hydrogen-bond acceptors (Lipinski definition) is 3. The van der Waals surface area contributed by atoms with Gasteiger partial charge in [-0.05, 0) is 56.2 Å². The monoisotopic (exact) mass is 407 g/mol. The number of pyridine rings is 1. The molecule has 0 saturated heterocycles. The molecule has 2 aromatic carbocycles. The Labute approximate surface area is 181 Å². The molecule has 0 bridgehead atoms. The molecule has 5 aromatic rings. The molecule has 0 unspecified atom stereocenters. The quantitative estimate of drug-likeness (QED) is 0.371. The van der Waals surface area contributed by atoms with Crippen molar-refractivity contribution in [2.75, 3.05) is 0 Å².